The van der Waals surface area contributed by atoms with Crippen LogP contribution in [0.4, 0.5) is 5.69 Å². The molecule has 124 valence electrons. The van der Waals surface area contributed by atoms with Crippen molar-refractivity contribution in [2.24, 2.45) is 11.8 Å². The molecule has 3 rings (SSSR count). The van der Waals surface area contributed by atoms with Crippen molar-refractivity contribution in [3.8, 4) is 11.8 Å². The number of pyridine rings is 1. The number of allylic oxidation sites excluding steroid dienone is 2. The smallest absolute Gasteiger partial charge is 0.255 e. The molecule has 1 amide bonds. The highest BCUT2D eigenvalue weighted by Gasteiger charge is 2.18. The first-order valence-corrected chi connectivity index (χ1v) is 8.38. The topological polar surface area (TPSA) is 42.0 Å². The third-order valence-corrected chi connectivity index (χ3v) is 4.17. The molecule has 1 N–H and O–H groups in total. The summed E-state index contributed by atoms with van der Waals surface area (Å²) in [6.45, 7) is 2.09. The predicted molar refractivity (Wildman–Crippen MR) is 101 cm³/mol. The summed E-state index contributed by atoms with van der Waals surface area (Å²) in [5.41, 5.74) is 2.18. The van der Waals surface area contributed by atoms with Crippen molar-refractivity contribution in [3.63, 3.8) is 0 Å². The Morgan fingerprint density at radius 2 is 2.04 bits per heavy atom. The Hall–Kier alpha value is -2.83. The van der Waals surface area contributed by atoms with Gasteiger partial charge in [-0.05, 0) is 42.3 Å². The number of aromatic nitrogens is 1. The van der Waals surface area contributed by atoms with Crippen molar-refractivity contribution in [1.29, 1.82) is 0 Å². The monoisotopic (exact) mass is 348 g/mol. The molecule has 0 saturated carbocycles. The number of anilines is 1. The second-order valence-corrected chi connectivity index (χ2v) is 6.27. The molecule has 1 aliphatic carbocycles. The molecule has 0 radical (unpaired) electrons. The molecule has 0 spiro atoms. The highest BCUT2D eigenvalue weighted by atomic mass is 35.5. The molecule has 3 nitrogen and oxygen atoms in total. The lowest BCUT2D eigenvalue weighted by atomic mass is 9.87. The second kappa shape index (κ2) is 7.83. The molecule has 4 heteroatoms. The summed E-state index contributed by atoms with van der Waals surface area (Å²) in [6, 6.07) is 10.8. The van der Waals surface area contributed by atoms with Crippen LogP contribution in [0.5, 0.6) is 0 Å². The van der Waals surface area contributed by atoms with Gasteiger partial charge in [0.1, 0.15) is 0 Å². The second-order valence-electron chi connectivity index (χ2n) is 5.84. The van der Waals surface area contributed by atoms with E-state index >= 15 is 0 Å². The third kappa shape index (κ3) is 4.59. The molecule has 0 bridgehead atoms. The van der Waals surface area contributed by atoms with E-state index in [2.05, 4.69) is 29.1 Å². The number of nitrogens with zero attached hydrogens (tertiary/aromatic N) is 1. The summed E-state index contributed by atoms with van der Waals surface area (Å²) in [5, 5.41) is 3.51. The minimum absolute atomic E-state index is 0.0174. The quantitative estimate of drug-likeness (QED) is 0.813. The van der Waals surface area contributed by atoms with E-state index in [1.165, 1.54) is 0 Å². The van der Waals surface area contributed by atoms with Gasteiger partial charge in [-0.25, -0.2) is 0 Å². The van der Waals surface area contributed by atoms with Crippen molar-refractivity contribution in [3.05, 3.63) is 83.2 Å². The van der Waals surface area contributed by atoms with Gasteiger partial charge < -0.3 is 5.32 Å². The van der Waals surface area contributed by atoms with E-state index in [0.717, 1.165) is 5.56 Å². The van der Waals surface area contributed by atoms with E-state index in [1.807, 2.05) is 30.4 Å². The zero-order valence-electron chi connectivity index (χ0n) is 13.7. The van der Waals surface area contributed by atoms with E-state index in [-0.39, 0.29) is 17.7 Å². The molecule has 1 heterocycles. The lowest BCUT2D eigenvalue weighted by Crippen LogP contribution is -2.18. The number of carbonyl (C=O) groups excluding carboxylic acids is 1. The summed E-state index contributed by atoms with van der Waals surface area (Å²) in [7, 11) is 0. The fourth-order valence-electron chi connectivity index (χ4n) is 2.44. The summed E-state index contributed by atoms with van der Waals surface area (Å²) in [6.07, 6.45) is 9.22. The van der Waals surface area contributed by atoms with Crippen molar-refractivity contribution < 1.29 is 4.79 Å². The number of rotatable bonds is 2. The zero-order chi connectivity index (χ0) is 17.6. The molecule has 0 saturated heterocycles. The van der Waals surface area contributed by atoms with Gasteiger partial charge >= 0.3 is 0 Å². The molecule has 2 unspecified atom stereocenters. The van der Waals surface area contributed by atoms with Gasteiger partial charge in [0.2, 0.25) is 0 Å². The van der Waals surface area contributed by atoms with Crippen LogP contribution in [0.1, 0.15) is 12.5 Å². The third-order valence-electron chi connectivity index (χ3n) is 3.91. The van der Waals surface area contributed by atoms with Crippen LogP contribution in [-0.4, -0.2) is 10.9 Å². The zero-order valence-corrected chi connectivity index (χ0v) is 14.5. The molecule has 1 aromatic heterocycles. The number of benzene rings is 1. The fraction of sp³-hybridized carbons (Fsp3) is 0.143. The number of nitrogens with one attached hydrogen (secondary N) is 1. The van der Waals surface area contributed by atoms with Crippen molar-refractivity contribution in [2.45, 2.75) is 6.92 Å². The molecular weight excluding hydrogens is 332 g/mol. The van der Waals surface area contributed by atoms with Gasteiger partial charge in [-0.2, -0.15) is 0 Å². The Morgan fingerprint density at radius 1 is 1.24 bits per heavy atom. The first-order valence-electron chi connectivity index (χ1n) is 8.00. The van der Waals surface area contributed by atoms with Gasteiger partial charge in [0.05, 0.1) is 0 Å². The summed E-state index contributed by atoms with van der Waals surface area (Å²) in [5.74, 6) is 6.43. The maximum atomic E-state index is 12.5. The van der Waals surface area contributed by atoms with Crippen LogP contribution in [0.25, 0.3) is 0 Å². The molecule has 1 aliphatic rings. The lowest BCUT2D eigenvalue weighted by molar-refractivity contribution is -0.112. The highest BCUT2D eigenvalue weighted by molar-refractivity contribution is 6.30. The average Bonchev–Trinajstić information content (AvgIpc) is 2.64. The van der Waals surface area contributed by atoms with E-state index in [9.17, 15) is 4.79 Å². The van der Waals surface area contributed by atoms with Crippen LogP contribution in [0.15, 0.2) is 72.6 Å². The van der Waals surface area contributed by atoms with Crippen LogP contribution >= 0.6 is 11.6 Å². The Labute approximate surface area is 152 Å². The SMILES string of the molecule is CC1C=CC(C(=O)Nc2ccc(Cl)cc2)=CC1C#Cc1cccnc1. The highest BCUT2D eigenvalue weighted by Crippen LogP contribution is 2.23. The van der Waals surface area contributed by atoms with Crippen LogP contribution in [0, 0.1) is 23.7 Å². The van der Waals surface area contributed by atoms with E-state index < -0.39 is 0 Å². The Morgan fingerprint density at radius 3 is 2.76 bits per heavy atom. The molecular formula is C21H17ClN2O. The number of hydrogen-bond donors (Lipinski definition) is 1. The Bertz CT molecular complexity index is 874. The largest absolute Gasteiger partial charge is 0.322 e. The number of carbonyl (C=O) groups is 1. The predicted octanol–water partition coefficient (Wildman–Crippen LogP) is 4.47. The molecule has 0 fully saturated rings. The van der Waals surface area contributed by atoms with Crippen molar-refractivity contribution in [2.75, 3.05) is 5.32 Å². The van der Waals surface area contributed by atoms with Gasteiger partial charge in [-0.1, -0.05) is 48.6 Å². The molecule has 0 aliphatic heterocycles. The maximum Gasteiger partial charge on any atom is 0.255 e. The molecule has 2 aromatic rings. The Kier molecular flexibility index (Phi) is 5.33. The van der Waals surface area contributed by atoms with Crippen LogP contribution in [0.2, 0.25) is 5.02 Å². The van der Waals surface area contributed by atoms with E-state index in [0.29, 0.717) is 16.3 Å². The number of amides is 1. The summed E-state index contributed by atoms with van der Waals surface area (Å²) in [4.78, 5) is 16.5. The normalized spacial score (nSPS) is 18.7. The van der Waals surface area contributed by atoms with Gasteiger partial charge in [0.15, 0.2) is 0 Å². The first-order chi connectivity index (χ1) is 12.1. The standard InChI is InChI=1S/C21H17ClN2O/c1-15-4-6-18(21(25)24-20-10-8-19(22)9-11-20)13-17(15)7-5-16-3-2-12-23-14-16/h2-4,6,8-15,17H,1H3,(H,24,25). The van der Waals surface area contributed by atoms with Crippen molar-refractivity contribution in [1.82, 2.24) is 4.98 Å². The minimum Gasteiger partial charge on any atom is -0.322 e. The average molecular weight is 349 g/mol. The number of hydrogen-bond acceptors (Lipinski definition) is 2. The molecule has 25 heavy (non-hydrogen) atoms. The van der Waals surface area contributed by atoms with Crippen LogP contribution in [0.3, 0.4) is 0 Å². The molecule has 1 aromatic carbocycles. The van der Waals surface area contributed by atoms with E-state index in [1.54, 1.807) is 36.7 Å². The van der Waals surface area contributed by atoms with Gasteiger partial charge in [0.25, 0.3) is 5.91 Å². The maximum absolute atomic E-state index is 12.5. The minimum atomic E-state index is -0.154. The van der Waals surface area contributed by atoms with Crippen LogP contribution in [-0.2, 0) is 4.79 Å². The van der Waals surface area contributed by atoms with Crippen LogP contribution < -0.4 is 5.32 Å². The molecule has 2 atom stereocenters. The van der Waals surface area contributed by atoms with E-state index in [4.69, 9.17) is 11.6 Å². The number of halogens is 1. The van der Waals surface area contributed by atoms with Gasteiger partial charge in [0, 0.05) is 40.2 Å². The van der Waals surface area contributed by atoms with Gasteiger partial charge in [-0.15, -0.1) is 0 Å². The Balaban J connectivity index is 1.75. The first kappa shape index (κ1) is 17.0. The fourth-order valence-corrected chi connectivity index (χ4v) is 2.57. The lowest BCUT2D eigenvalue weighted by Gasteiger charge is -2.18. The summed E-state index contributed by atoms with van der Waals surface area (Å²) < 4.78 is 0. The van der Waals surface area contributed by atoms with Gasteiger partial charge in [-0.3, -0.25) is 9.78 Å². The summed E-state index contributed by atoms with van der Waals surface area (Å²) >= 11 is 5.86. The van der Waals surface area contributed by atoms with Crippen molar-refractivity contribution >= 4 is 23.2 Å².